The lowest BCUT2D eigenvalue weighted by Gasteiger charge is -2.14. The molecule has 0 bridgehead atoms. The predicted molar refractivity (Wildman–Crippen MR) is 61.9 cm³/mol. The molecule has 3 nitrogen and oxygen atoms in total. The van der Waals surface area contributed by atoms with Crippen molar-refractivity contribution in [1.29, 1.82) is 0 Å². The Hall–Kier alpha value is -1.16. The number of halogens is 1. The minimum atomic E-state index is -0.314. The van der Waals surface area contributed by atoms with Crippen LogP contribution in [-0.2, 0) is 16.5 Å². The summed E-state index contributed by atoms with van der Waals surface area (Å²) >= 11 is 0. The van der Waals surface area contributed by atoms with E-state index >= 15 is 0 Å². The molecule has 0 spiro atoms. The van der Waals surface area contributed by atoms with Crippen LogP contribution in [-0.4, -0.2) is 14.2 Å². The molecule has 0 fully saturated rings. The molecule has 0 aliphatic carbocycles. The van der Waals surface area contributed by atoms with Crippen LogP contribution in [0.1, 0.15) is 11.9 Å². The predicted octanol–water partition coefficient (Wildman–Crippen LogP) is -1.04. The number of hydrogen-bond acceptors (Lipinski definition) is 2. The largest absolute Gasteiger partial charge is 1.00 e. The highest BCUT2D eigenvalue weighted by molar-refractivity contribution is 5.79. The molecule has 1 aromatic heterocycles. The average Bonchev–Trinajstić information content (AvgIpc) is 2.34. The third-order valence-electron chi connectivity index (χ3n) is 2.75. The Kier molecular flexibility index (Phi) is 4.87. The maximum atomic E-state index is 5.30. The van der Waals surface area contributed by atoms with E-state index in [4.69, 9.17) is 9.47 Å². The first-order valence-corrected chi connectivity index (χ1v) is 5.20. The highest BCUT2D eigenvalue weighted by Crippen LogP contribution is 2.24. The van der Waals surface area contributed by atoms with Crippen LogP contribution >= 0.6 is 0 Å². The third kappa shape index (κ3) is 2.57. The topological polar surface area (TPSA) is 22.3 Å². The highest BCUT2D eigenvalue weighted by atomic mass is 35.5. The Balaban J connectivity index is 0.00000144. The second-order valence-electron chi connectivity index (χ2n) is 3.70. The van der Waals surface area contributed by atoms with E-state index < -0.39 is 0 Å². The molecule has 0 atom stereocenters. The molecule has 0 amide bonds. The summed E-state index contributed by atoms with van der Waals surface area (Å²) in [5, 5.41) is 1.15. The lowest BCUT2D eigenvalue weighted by Crippen LogP contribution is -3.00. The van der Waals surface area contributed by atoms with Gasteiger partial charge in [0.2, 0.25) is 5.52 Å². The third-order valence-corrected chi connectivity index (χ3v) is 2.75. The van der Waals surface area contributed by atoms with E-state index in [1.54, 1.807) is 14.2 Å². The van der Waals surface area contributed by atoms with Crippen LogP contribution in [0, 0.1) is 0 Å². The van der Waals surface area contributed by atoms with Gasteiger partial charge in [0.25, 0.3) is 0 Å². The summed E-state index contributed by atoms with van der Waals surface area (Å²) in [4.78, 5) is 0. The normalized spacial score (nSPS) is 10.6. The van der Waals surface area contributed by atoms with Gasteiger partial charge in [-0.15, -0.1) is 0 Å². The van der Waals surface area contributed by atoms with Crippen LogP contribution in [0.15, 0.2) is 36.5 Å². The maximum Gasteiger partial charge on any atom is 0.212 e. The van der Waals surface area contributed by atoms with Gasteiger partial charge in [0.15, 0.2) is 12.5 Å². The van der Waals surface area contributed by atoms with Crippen molar-refractivity contribution in [2.75, 3.05) is 14.2 Å². The van der Waals surface area contributed by atoms with Crippen molar-refractivity contribution in [3.8, 4) is 0 Å². The van der Waals surface area contributed by atoms with Gasteiger partial charge in [-0.2, -0.15) is 0 Å². The number of aryl methyl sites for hydroxylation is 1. The van der Waals surface area contributed by atoms with Crippen molar-refractivity contribution in [2.24, 2.45) is 7.05 Å². The van der Waals surface area contributed by atoms with E-state index in [1.165, 1.54) is 5.52 Å². The fraction of sp³-hybridized carbons (Fsp3) is 0.308. The summed E-state index contributed by atoms with van der Waals surface area (Å²) in [5.74, 6) is 0. The van der Waals surface area contributed by atoms with Crippen LogP contribution in [0.4, 0.5) is 0 Å². The number of methoxy groups -OCH3 is 2. The van der Waals surface area contributed by atoms with Crippen molar-refractivity contribution in [3.63, 3.8) is 0 Å². The Morgan fingerprint density at radius 2 is 1.71 bits per heavy atom. The number of fused-ring (bicyclic) bond motifs is 1. The molecule has 0 aliphatic heterocycles. The number of nitrogens with zero attached hydrogens (tertiary/aromatic N) is 1. The standard InChI is InChI=1S/C13H16NO2.ClH/c1-14-9-8-11(13(15-2)16-3)10-6-4-5-7-12(10)14;/h4-9,13H,1-3H3;1H/q+1;/p-1. The van der Waals surface area contributed by atoms with Crippen LogP contribution < -0.4 is 17.0 Å². The van der Waals surface area contributed by atoms with Crippen molar-refractivity contribution in [2.45, 2.75) is 6.29 Å². The van der Waals surface area contributed by atoms with Gasteiger partial charge in [0.1, 0.15) is 7.05 Å². The molecule has 92 valence electrons. The van der Waals surface area contributed by atoms with Crippen LogP contribution in [0.3, 0.4) is 0 Å². The Labute approximate surface area is 107 Å². The van der Waals surface area contributed by atoms with Crippen LogP contribution in [0.25, 0.3) is 10.9 Å². The number of hydrogen-bond donors (Lipinski definition) is 0. The molecule has 0 unspecified atom stereocenters. The van der Waals surface area contributed by atoms with Crippen molar-refractivity contribution < 1.29 is 26.4 Å². The SMILES string of the molecule is COC(OC)c1cc[n+](C)c2ccccc12.[Cl-]. The molecular formula is C13H16ClNO2. The molecule has 17 heavy (non-hydrogen) atoms. The Morgan fingerprint density at radius 3 is 2.35 bits per heavy atom. The number of para-hydroxylation sites is 1. The van der Waals surface area contributed by atoms with Crippen LogP contribution in [0.5, 0.6) is 0 Å². The number of aromatic nitrogens is 1. The number of benzene rings is 1. The first kappa shape index (κ1) is 13.9. The zero-order valence-electron chi connectivity index (χ0n) is 10.2. The van der Waals surface area contributed by atoms with E-state index in [-0.39, 0.29) is 18.7 Å². The van der Waals surface area contributed by atoms with E-state index in [1.807, 2.05) is 31.4 Å². The van der Waals surface area contributed by atoms with Crippen LogP contribution in [0.2, 0.25) is 0 Å². The monoisotopic (exact) mass is 253 g/mol. The summed E-state index contributed by atoms with van der Waals surface area (Å²) in [6.07, 6.45) is 1.70. The van der Waals surface area contributed by atoms with Gasteiger partial charge in [0, 0.05) is 31.9 Å². The minimum absolute atomic E-state index is 0. The number of pyridine rings is 1. The van der Waals surface area contributed by atoms with E-state index in [9.17, 15) is 0 Å². The van der Waals surface area contributed by atoms with Gasteiger partial charge in [-0.25, -0.2) is 4.57 Å². The van der Waals surface area contributed by atoms with E-state index in [0.29, 0.717) is 0 Å². The molecule has 0 saturated carbocycles. The summed E-state index contributed by atoms with van der Waals surface area (Å²) in [6, 6.07) is 10.2. The molecule has 0 saturated heterocycles. The van der Waals surface area contributed by atoms with Gasteiger partial charge in [0.05, 0.1) is 5.39 Å². The lowest BCUT2D eigenvalue weighted by atomic mass is 10.1. The maximum absolute atomic E-state index is 5.30. The molecule has 1 aromatic carbocycles. The lowest BCUT2D eigenvalue weighted by molar-refractivity contribution is -0.645. The van der Waals surface area contributed by atoms with Crippen molar-refractivity contribution >= 4 is 10.9 Å². The first-order chi connectivity index (χ1) is 7.77. The zero-order valence-corrected chi connectivity index (χ0v) is 10.9. The fourth-order valence-corrected chi connectivity index (χ4v) is 1.94. The second kappa shape index (κ2) is 5.96. The van der Waals surface area contributed by atoms with Gasteiger partial charge < -0.3 is 21.9 Å². The van der Waals surface area contributed by atoms with E-state index in [0.717, 1.165) is 10.9 Å². The fourth-order valence-electron chi connectivity index (χ4n) is 1.94. The molecule has 0 N–H and O–H groups in total. The first-order valence-electron chi connectivity index (χ1n) is 5.20. The summed E-state index contributed by atoms with van der Waals surface area (Å²) in [6.45, 7) is 0. The van der Waals surface area contributed by atoms with Crippen molar-refractivity contribution in [1.82, 2.24) is 0 Å². The van der Waals surface area contributed by atoms with E-state index in [2.05, 4.69) is 16.7 Å². The van der Waals surface area contributed by atoms with Gasteiger partial charge >= 0.3 is 0 Å². The highest BCUT2D eigenvalue weighted by Gasteiger charge is 2.16. The Bertz CT molecular complexity index is 498. The van der Waals surface area contributed by atoms with Gasteiger partial charge in [-0.1, -0.05) is 12.1 Å². The number of ether oxygens (including phenoxy) is 2. The second-order valence-corrected chi connectivity index (χ2v) is 3.70. The van der Waals surface area contributed by atoms with Gasteiger partial charge in [-0.05, 0) is 6.07 Å². The van der Waals surface area contributed by atoms with Gasteiger partial charge in [-0.3, -0.25) is 0 Å². The zero-order chi connectivity index (χ0) is 11.5. The smallest absolute Gasteiger partial charge is 0.212 e. The summed E-state index contributed by atoms with van der Waals surface area (Å²) in [5.41, 5.74) is 2.22. The van der Waals surface area contributed by atoms with Crippen molar-refractivity contribution in [3.05, 3.63) is 42.1 Å². The molecule has 0 radical (unpaired) electrons. The average molecular weight is 254 g/mol. The molecule has 2 aromatic rings. The molecule has 2 rings (SSSR count). The molecular weight excluding hydrogens is 238 g/mol. The summed E-state index contributed by atoms with van der Waals surface area (Å²) in [7, 11) is 5.33. The molecule has 4 heteroatoms. The quantitative estimate of drug-likeness (QED) is 0.515. The number of rotatable bonds is 3. The summed E-state index contributed by atoms with van der Waals surface area (Å²) < 4.78 is 12.7. The minimum Gasteiger partial charge on any atom is -1.00 e. The Morgan fingerprint density at radius 1 is 1.06 bits per heavy atom. The molecule has 0 aliphatic rings. The molecule has 1 heterocycles.